The highest BCUT2D eigenvalue weighted by Crippen LogP contribution is 2.16. The number of nitrogen functional groups attached to an aromatic ring is 1. The zero-order chi connectivity index (χ0) is 15.2. The van der Waals surface area contributed by atoms with Crippen molar-refractivity contribution in [2.24, 2.45) is 5.84 Å². The number of nitrogens with zero attached hydrogens (tertiary/aromatic N) is 3. The van der Waals surface area contributed by atoms with E-state index in [0.717, 1.165) is 11.5 Å². The number of benzene rings is 1. The van der Waals surface area contributed by atoms with Crippen LogP contribution in [0.15, 0.2) is 24.4 Å². The molecule has 112 valence electrons. The van der Waals surface area contributed by atoms with E-state index in [1.165, 1.54) is 16.7 Å². The van der Waals surface area contributed by atoms with Crippen LogP contribution in [0, 0.1) is 13.8 Å². The van der Waals surface area contributed by atoms with Crippen molar-refractivity contribution in [3.8, 4) is 0 Å². The van der Waals surface area contributed by atoms with Crippen molar-refractivity contribution in [2.45, 2.75) is 26.1 Å². The molecule has 7 heteroatoms. The normalized spacial score (nSPS) is 10.6. The fourth-order valence-electron chi connectivity index (χ4n) is 2.09. The number of nitrogens with one attached hydrogen (secondary N) is 1. The summed E-state index contributed by atoms with van der Waals surface area (Å²) in [7, 11) is 0. The molecule has 6 nitrogen and oxygen atoms in total. The maximum Gasteiger partial charge on any atom is 0.287 e. The molecule has 0 atom stereocenters. The number of thioether (sulfide) groups is 1. The van der Waals surface area contributed by atoms with E-state index in [-0.39, 0.29) is 5.69 Å². The first-order valence-electron chi connectivity index (χ1n) is 6.64. The molecule has 1 amide bonds. The zero-order valence-electron chi connectivity index (χ0n) is 12.2. The number of hydrogen-bond donors (Lipinski definition) is 2. The Morgan fingerprint density at radius 2 is 2.05 bits per heavy atom. The second kappa shape index (κ2) is 7.24. The summed E-state index contributed by atoms with van der Waals surface area (Å²) in [5, 5.41) is 7.65. The van der Waals surface area contributed by atoms with E-state index in [0.29, 0.717) is 6.54 Å². The summed E-state index contributed by atoms with van der Waals surface area (Å²) in [4.78, 5) is 11.2. The number of carbonyl (C=O) groups is 1. The molecule has 1 aromatic carbocycles. The fraction of sp³-hybridized carbons (Fsp3) is 0.357. The standard InChI is InChI=1S/C14H19N5OS/c1-10-5-11(2)7-12(6-10)9-21-4-3-19-8-13(17-18-19)14(20)16-15/h5-8H,3-4,9,15H2,1-2H3,(H,16,20). The van der Waals surface area contributed by atoms with Crippen LogP contribution >= 0.6 is 11.8 Å². The molecule has 0 aliphatic heterocycles. The van der Waals surface area contributed by atoms with Gasteiger partial charge < -0.3 is 0 Å². The Bertz CT molecular complexity index is 605. The minimum Gasteiger partial charge on any atom is -0.289 e. The first-order valence-corrected chi connectivity index (χ1v) is 7.80. The summed E-state index contributed by atoms with van der Waals surface area (Å²) in [6.45, 7) is 4.93. The van der Waals surface area contributed by atoms with Crippen LogP contribution in [0.5, 0.6) is 0 Å². The van der Waals surface area contributed by atoms with Gasteiger partial charge >= 0.3 is 0 Å². The second-order valence-corrected chi connectivity index (χ2v) is 5.99. The van der Waals surface area contributed by atoms with Crippen molar-refractivity contribution < 1.29 is 4.79 Å². The number of rotatable bonds is 6. The van der Waals surface area contributed by atoms with Gasteiger partial charge in [-0.25, -0.2) is 5.84 Å². The summed E-state index contributed by atoms with van der Waals surface area (Å²) >= 11 is 1.83. The minimum atomic E-state index is -0.427. The van der Waals surface area contributed by atoms with Crippen LogP contribution in [0.2, 0.25) is 0 Å². The van der Waals surface area contributed by atoms with Crippen LogP contribution in [-0.2, 0) is 12.3 Å². The van der Waals surface area contributed by atoms with Gasteiger partial charge in [0.2, 0.25) is 0 Å². The van der Waals surface area contributed by atoms with Crippen LogP contribution in [0.4, 0.5) is 0 Å². The van der Waals surface area contributed by atoms with E-state index >= 15 is 0 Å². The molecule has 1 heterocycles. The Hall–Kier alpha value is -1.86. The number of amides is 1. The summed E-state index contributed by atoms with van der Waals surface area (Å²) in [5.41, 5.74) is 6.18. The summed E-state index contributed by atoms with van der Waals surface area (Å²) in [5.74, 6) is 6.48. The van der Waals surface area contributed by atoms with Crippen molar-refractivity contribution in [1.82, 2.24) is 20.4 Å². The van der Waals surface area contributed by atoms with Gasteiger partial charge in [0, 0.05) is 11.5 Å². The van der Waals surface area contributed by atoms with Crippen molar-refractivity contribution in [1.29, 1.82) is 0 Å². The molecule has 0 aliphatic carbocycles. The van der Waals surface area contributed by atoms with Crippen LogP contribution < -0.4 is 11.3 Å². The van der Waals surface area contributed by atoms with Gasteiger partial charge in [0.05, 0.1) is 12.7 Å². The number of carbonyl (C=O) groups excluding carboxylic acids is 1. The predicted octanol–water partition coefficient (Wildman–Crippen LogP) is 1.43. The maximum atomic E-state index is 11.2. The Kier molecular flexibility index (Phi) is 5.35. The molecule has 0 aliphatic rings. The van der Waals surface area contributed by atoms with Crippen LogP contribution in [0.1, 0.15) is 27.2 Å². The van der Waals surface area contributed by atoms with E-state index in [9.17, 15) is 4.79 Å². The lowest BCUT2D eigenvalue weighted by atomic mass is 10.1. The Balaban J connectivity index is 1.79. The smallest absolute Gasteiger partial charge is 0.287 e. The lowest BCUT2D eigenvalue weighted by Gasteiger charge is -2.05. The monoisotopic (exact) mass is 305 g/mol. The molecule has 21 heavy (non-hydrogen) atoms. The molecular weight excluding hydrogens is 286 g/mol. The van der Waals surface area contributed by atoms with Gasteiger partial charge in [-0.2, -0.15) is 11.8 Å². The average Bonchev–Trinajstić information content (AvgIpc) is 2.90. The molecule has 1 aromatic heterocycles. The van der Waals surface area contributed by atoms with Crippen LogP contribution in [-0.4, -0.2) is 26.7 Å². The van der Waals surface area contributed by atoms with Gasteiger partial charge in [-0.1, -0.05) is 34.5 Å². The van der Waals surface area contributed by atoms with Crippen molar-refractivity contribution in [3.05, 3.63) is 46.8 Å². The Morgan fingerprint density at radius 1 is 1.33 bits per heavy atom. The quantitative estimate of drug-likeness (QED) is 0.365. The number of aromatic nitrogens is 3. The maximum absolute atomic E-state index is 11.2. The van der Waals surface area contributed by atoms with E-state index in [1.54, 1.807) is 10.9 Å². The number of nitrogens with two attached hydrogens (primary N) is 1. The second-order valence-electron chi connectivity index (χ2n) is 4.89. The molecule has 0 spiro atoms. The van der Waals surface area contributed by atoms with Crippen LogP contribution in [0.25, 0.3) is 0 Å². The molecule has 0 fully saturated rings. The molecule has 0 saturated heterocycles. The largest absolute Gasteiger partial charge is 0.289 e. The first-order chi connectivity index (χ1) is 10.1. The van der Waals surface area contributed by atoms with Gasteiger partial charge in [-0.15, -0.1) is 5.10 Å². The summed E-state index contributed by atoms with van der Waals surface area (Å²) in [6, 6.07) is 6.59. The van der Waals surface area contributed by atoms with Gasteiger partial charge in [0.1, 0.15) is 0 Å². The van der Waals surface area contributed by atoms with Crippen molar-refractivity contribution in [2.75, 3.05) is 5.75 Å². The van der Waals surface area contributed by atoms with Crippen LogP contribution in [0.3, 0.4) is 0 Å². The fourth-order valence-corrected chi connectivity index (χ4v) is 2.95. The molecule has 0 radical (unpaired) electrons. The summed E-state index contributed by atoms with van der Waals surface area (Å²) in [6.07, 6.45) is 1.60. The SMILES string of the molecule is Cc1cc(C)cc(CSCCn2cc(C(=O)NN)nn2)c1. The topological polar surface area (TPSA) is 85.8 Å². The molecular formula is C14H19N5OS. The van der Waals surface area contributed by atoms with Gasteiger partial charge in [0.15, 0.2) is 5.69 Å². The first kappa shape index (κ1) is 15.5. The number of aryl methyl sites for hydroxylation is 3. The van der Waals surface area contributed by atoms with Gasteiger partial charge in [-0.05, 0) is 19.4 Å². The van der Waals surface area contributed by atoms with Crippen molar-refractivity contribution >= 4 is 17.7 Å². The highest BCUT2D eigenvalue weighted by molar-refractivity contribution is 7.98. The minimum absolute atomic E-state index is 0.233. The molecule has 2 rings (SSSR count). The number of hydrogen-bond acceptors (Lipinski definition) is 5. The van der Waals surface area contributed by atoms with E-state index < -0.39 is 5.91 Å². The summed E-state index contributed by atoms with van der Waals surface area (Å²) < 4.78 is 1.65. The Morgan fingerprint density at radius 3 is 2.71 bits per heavy atom. The average molecular weight is 305 g/mol. The lowest BCUT2D eigenvalue weighted by molar-refractivity contribution is 0.0948. The zero-order valence-corrected chi connectivity index (χ0v) is 13.0. The molecule has 0 bridgehead atoms. The molecule has 0 unspecified atom stereocenters. The van der Waals surface area contributed by atoms with Gasteiger partial charge in [-0.3, -0.25) is 14.9 Å². The number of hydrazine groups is 1. The van der Waals surface area contributed by atoms with Crippen molar-refractivity contribution in [3.63, 3.8) is 0 Å². The third-order valence-electron chi connectivity index (χ3n) is 2.92. The third-order valence-corrected chi connectivity index (χ3v) is 3.93. The Labute approximate surface area is 128 Å². The van der Waals surface area contributed by atoms with Gasteiger partial charge in [0.25, 0.3) is 5.91 Å². The molecule has 3 N–H and O–H groups in total. The van der Waals surface area contributed by atoms with E-state index in [1.807, 2.05) is 17.2 Å². The lowest BCUT2D eigenvalue weighted by Crippen LogP contribution is -2.30. The van der Waals surface area contributed by atoms with E-state index in [4.69, 9.17) is 5.84 Å². The predicted molar refractivity (Wildman–Crippen MR) is 83.8 cm³/mol. The highest BCUT2D eigenvalue weighted by Gasteiger charge is 2.08. The highest BCUT2D eigenvalue weighted by atomic mass is 32.2. The third kappa shape index (κ3) is 4.57. The molecule has 0 saturated carbocycles. The van der Waals surface area contributed by atoms with E-state index in [2.05, 4.69) is 42.4 Å². The molecule has 2 aromatic rings.